The van der Waals surface area contributed by atoms with Gasteiger partial charge >= 0.3 is 12.6 Å². The van der Waals surface area contributed by atoms with Gasteiger partial charge < -0.3 is 18.7 Å². The molecule has 2 aromatic carbocycles. The maximum absolute atomic E-state index is 13.0. The highest BCUT2D eigenvalue weighted by Gasteiger charge is 2.22. The van der Waals surface area contributed by atoms with Gasteiger partial charge in [-0.3, -0.25) is 0 Å². The Hall–Kier alpha value is -3.56. The first-order chi connectivity index (χ1) is 13.5. The van der Waals surface area contributed by atoms with Crippen LogP contribution < -0.4 is 9.47 Å². The zero-order valence-corrected chi connectivity index (χ0v) is 14.4. The van der Waals surface area contributed by atoms with E-state index in [1.165, 1.54) is 49.6 Å². The molecule has 0 aliphatic heterocycles. The molecule has 0 spiro atoms. The molecule has 0 atom stereocenters. The van der Waals surface area contributed by atoms with Gasteiger partial charge in [0.15, 0.2) is 18.1 Å². The van der Waals surface area contributed by atoms with E-state index < -0.39 is 24.1 Å². The van der Waals surface area contributed by atoms with Gasteiger partial charge in [-0.25, -0.2) is 9.18 Å². The number of carbonyl (C=O) groups is 1. The maximum Gasteiger partial charge on any atom is 0.387 e. The number of carbonyl (C=O) groups excluding carboxylic acids is 1. The lowest BCUT2D eigenvalue weighted by Crippen LogP contribution is -2.12. The maximum atomic E-state index is 13.0. The zero-order valence-electron chi connectivity index (χ0n) is 14.4. The number of esters is 1. The van der Waals surface area contributed by atoms with E-state index in [1.54, 1.807) is 0 Å². The number of hydrogen-bond acceptors (Lipinski definition) is 7. The number of halogens is 3. The van der Waals surface area contributed by atoms with Crippen LogP contribution in [-0.4, -0.2) is 29.8 Å². The second-order valence-corrected chi connectivity index (χ2v) is 5.31. The number of alkyl halides is 2. The summed E-state index contributed by atoms with van der Waals surface area (Å²) in [6.07, 6.45) is 0. The van der Waals surface area contributed by atoms with Crippen LogP contribution in [0.4, 0.5) is 13.2 Å². The van der Waals surface area contributed by atoms with Crippen LogP contribution in [0.2, 0.25) is 0 Å². The largest absolute Gasteiger partial charge is 0.493 e. The molecule has 1 aromatic heterocycles. The number of hydrogen-bond donors (Lipinski definition) is 0. The van der Waals surface area contributed by atoms with E-state index >= 15 is 0 Å². The molecule has 3 aromatic rings. The average molecular weight is 394 g/mol. The molecule has 0 N–H and O–H groups in total. The summed E-state index contributed by atoms with van der Waals surface area (Å²) in [5.41, 5.74) is 0.230. The van der Waals surface area contributed by atoms with E-state index in [4.69, 9.17) is 14.0 Å². The number of methoxy groups -OCH3 is 1. The molecule has 0 amide bonds. The SMILES string of the molecule is COc1cccc(C(=O)OCc2noc(-c3ccc(F)cc3)n2)c1OC(F)F. The van der Waals surface area contributed by atoms with Crippen LogP contribution in [0.5, 0.6) is 11.5 Å². The van der Waals surface area contributed by atoms with E-state index in [9.17, 15) is 18.0 Å². The minimum Gasteiger partial charge on any atom is -0.493 e. The summed E-state index contributed by atoms with van der Waals surface area (Å²) < 4.78 is 57.6. The third-order valence-electron chi connectivity index (χ3n) is 3.52. The topological polar surface area (TPSA) is 83.7 Å². The number of nitrogens with zero attached hydrogens (tertiary/aromatic N) is 2. The van der Waals surface area contributed by atoms with Gasteiger partial charge in [-0.1, -0.05) is 11.2 Å². The van der Waals surface area contributed by atoms with E-state index in [2.05, 4.69) is 14.9 Å². The van der Waals surface area contributed by atoms with Crippen LogP contribution in [0.3, 0.4) is 0 Å². The molecule has 0 aliphatic carbocycles. The van der Waals surface area contributed by atoms with Gasteiger partial charge in [0.05, 0.1) is 7.11 Å². The number of para-hydroxylation sites is 1. The summed E-state index contributed by atoms with van der Waals surface area (Å²) >= 11 is 0. The molecular weight excluding hydrogens is 381 g/mol. The van der Waals surface area contributed by atoms with Crippen molar-refractivity contribution in [2.75, 3.05) is 7.11 Å². The molecule has 10 heteroatoms. The van der Waals surface area contributed by atoms with Gasteiger partial charge in [0.2, 0.25) is 5.82 Å². The quantitative estimate of drug-likeness (QED) is 0.563. The third kappa shape index (κ3) is 4.40. The van der Waals surface area contributed by atoms with Gasteiger partial charge in [0, 0.05) is 5.56 Å². The van der Waals surface area contributed by atoms with E-state index in [0.29, 0.717) is 5.56 Å². The molecule has 28 heavy (non-hydrogen) atoms. The highest BCUT2D eigenvalue weighted by atomic mass is 19.3. The van der Waals surface area contributed by atoms with Crippen molar-refractivity contribution >= 4 is 5.97 Å². The lowest BCUT2D eigenvalue weighted by Gasteiger charge is -2.13. The van der Waals surface area contributed by atoms with Crippen molar-refractivity contribution in [3.63, 3.8) is 0 Å². The van der Waals surface area contributed by atoms with Crippen LogP contribution in [-0.2, 0) is 11.3 Å². The van der Waals surface area contributed by atoms with Crippen molar-refractivity contribution in [2.45, 2.75) is 13.2 Å². The minimum absolute atomic E-state index is 0.0342. The molecule has 0 unspecified atom stereocenters. The molecule has 7 nitrogen and oxygen atoms in total. The lowest BCUT2D eigenvalue weighted by atomic mass is 10.2. The molecule has 3 rings (SSSR count). The Morgan fingerprint density at radius 3 is 2.61 bits per heavy atom. The summed E-state index contributed by atoms with van der Waals surface area (Å²) in [6.45, 7) is -3.53. The molecule has 0 saturated carbocycles. The van der Waals surface area contributed by atoms with Gasteiger partial charge in [-0.05, 0) is 36.4 Å². The van der Waals surface area contributed by atoms with Crippen molar-refractivity contribution in [3.05, 3.63) is 59.7 Å². The molecule has 0 aliphatic rings. The molecule has 0 fully saturated rings. The Labute approximate surface area is 156 Å². The third-order valence-corrected chi connectivity index (χ3v) is 3.52. The number of benzene rings is 2. The smallest absolute Gasteiger partial charge is 0.387 e. The summed E-state index contributed by atoms with van der Waals surface area (Å²) in [4.78, 5) is 16.3. The van der Waals surface area contributed by atoms with Gasteiger partial charge in [0.25, 0.3) is 5.89 Å². The number of ether oxygens (including phenoxy) is 3. The predicted molar refractivity (Wildman–Crippen MR) is 88.4 cm³/mol. The van der Waals surface area contributed by atoms with Gasteiger partial charge in [-0.15, -0.1) is 0 Å². The van der Waals surface area contributed by atoms with Crippen molar-refractivity contribution in [1.82, 2.24) is 10.1 Å². The van der Waals surface area contributed by atoms with Crippen LogP contribution in [0.25, 0.3) is 11.5 Å². The van der Waals surface area contributed by atoms with E-state index in [1.807, 2.05) is 0 Å². The van der Waals surface area contributed by atoms with Crippen LogP contribution in [0.1, 0.15) is 16.2 Å². The highest BCUT2D eigenvalue weighted by Crippen LogP contribution is 2.33. The molecule has 0 radical (unpaired) electrons. The first kappa shape index (κ1) is 19.2. The Morgan fingerprint density at radius 2 is 1.93 bits per heavy atom. The molecule has 146 valence electrons. The van der Waals surface area contributed by atoms with Crippen molar-refractivity contribution in [2.24, 2.45) is 0 Å². The summed E-state index contributed by atoms with van der Waals surface area (Å²) in [7, 11) is 1.25. The summed E-state index contributed by atoms with van der Waals surface area (Å²) in [5, 5.41) is 3.65. The van der Waals surface area contributed by atoms with Gasteiger partial charge in [0.1, 0.15) is 11.4 Å². The van der Waals surface area contributed by atoms with Crippen molar-refractivity contribution in [3.8, 4) is 23.0 Å². The van der Waals surface area contributed by atoms with Crippen molar-refractivity contribution in [1.29, 1.82) is 0 Å². The molecule has 0 saturated heterocycles. The van der Waals surface area contributed by atoms with E-state index in [-0.39, 0.29) is 29.6 Å². The fourth-order valence-electron chi connectivity index (χ4n) is 2.28. The van der Waals surface area contributed by atoms with Crippen LogP contribution >= 0.6 is 0 Å². The second-order valence-electron chi connectivity index (χ2n) is 5.31. The average Bonchev–Trinajstić information content (AvgIpc) is 3.15. The first-order valence-electron chi connectivity index (χ1n) is 7.85. The minimum atomic E-state index is -3.15. The van der Waals surface area contributed by atoms with Crippen molar-refractivity contribution < 1.29 is 36.7 Å². The monoisotopic (exact) mass is 394 g/mol. The lowest BCUT2D eigenvalue weighted by molar-refractivity contribution is -0.0518. The second kappa shape index (κ2) is 8.42. The highest BCUT2D eigenvalue weighted by molar-refractivity contribution is 5.93. The number of rotatable bonds is 7. The fraction of sp³-hybridized carbons (Fsp3) is 0.167. The molecule has 0 bridgehead atoms. The Kier molecular flexibility index (Phi) is 5.78. The zero-order chi connectivity index (χ0) is 20.1. The van der Waals surface area contributed by atoms with E-state index in [0.717, 1.165) is 0 Å². The standard InChI is InChI=1S/C18H13F3N2O5/c1-25-13-4-2-3-12(15(13)27-18(20)21)17(24)26-9-14-22-16(28-23-14)10-5-7-11(19)8-6-10/h2-8,18H,9H2,1H3. The van der Waals surface area contributed by atoms with Crippen LogP contribution in [0, 0.1) is 5.82 Å². The van der Waals surface area contributed by atoms with Crippen LogP contribution in [0.15, 0.2) is 47.0 Å². The molecular formula is C18H13F3N2O5. The summed E-state index contributed by atoms with van der Waals surface area (Å²) in [5.74, 6) is -1.71. The first-order valence-corrected chi connectivity index (χ1v) is 7.85. The Balaban J connectivity index is 1.72. The van der Waals surface area contributed by atoms with Gasteiger partial charge in [-0.2, -0.15) is 13.8 Å². The Morgan fingerprint density at radius 1 is 1.18 bits per heavy atom. The molecule has 1 heterocycles. The normalized spacial score (nSPS) is 10.8. The number of aromatic nitrogens is 2. The fourth-order valence-corrected chi connectivity index (χ4v) is 2.28. The predicted octanol–water partition coefficient (Wildman–Crippen LogP) is 3.84. The Bertz CT molecular complexity index is 960. The summed E-state index contributed by atoms with van der Waals surface area (Å²) in [6, 6.07) is 9.39.